The van der Waals surface area contributed by atoms with Gasteiger partial charge in [-0.3, -0.25) is 5.41 Å². The standard InChI is InChI=1S/C11H16N2OS/c1-8(6-14)15-7-9-2-4-10(5-3-9)11(12)13/h2-5,8,14H,6-7H2,1H3,(H3,12,13). The molecule has 4 heteroatoms. The van der Waals surface area contributed by atoms with Gasteiger partial charge in [0.05, 0.1) is 6.61 Å². The fourth-order valence-electron chi connectivity index (χ4n) is 1.07. The lowest BCUT2D eigenvalue weighted by atomic mass is 10.1. The van der Waals surface area contributed by atoms with Crippen molar-refractivity contribution in [1.29, 1.82) is 5.41 Å². The Balaban J connectivity index is 2.53. The van der Waals surface area contributed by atoms with Crippen LogP contribution in [0, 0.1) is 5.41 Å². The van der Waals surface area contributed by atoms with Crippen molar-refractivity contribution in [3.63, 3.8) is 0 Å². The molecule has 1 aromatic rings. The molecule has 1 unspecified atom stereocenters. The lowest BCUT2D eigenvalue weighted by Crippen LogP contribution is -2.10. The van der Waals surface area contributed by atoms with E-state index in [0.717, 1.165) is 11.3 Å². The second-order valence-corrected chi connectivity index (χ2v) is 4.84. The van der Waals surface area contributed by atoms with Gasteiger partial charge in [-0.15, -0.1) is 0 Å². The zero-order chi connectivity index (χ0) is 11.3. The van der Waals surface area contributed by atoms with Gasteiger partial charge in [-0.05, 0) is 5.56 Å². The molecule has 0 spiro atoms. The molecule has 3 nitrogen and oxygen atoms in total. The van der Waals surface area contributed by atoms with Gasteiger partial charge in [0, 0.05) is 16.6 Å². The second kappa shape index (κ2) is 5.78. The predicted molar refractivity (Wildman–Crippen MR) is 65.3 cm³/mol. The first-order chi connectivity index (χ1) is 7.13. The molecular weight excluding hydrogens is 208 g/mol. The smallest absolute Gasteiger partial charge is 0.122 e. The van der Waals surface area contributed by atoms with Gasteiger partial charge in [0.15, 0.2) is 0 Å². The first-order valence-corrected chi connectivity index (χ1v) is 5.84. The topological polar surface area (TPSA) is 70.1 Å². The third kappa shape index (κ3) is 3.93. The summed E-state index contributed by atoms with van der Waals surface area (Å²) in [7, 11) is 0. The van der Waals surface area contributed by atoms with Crippen molar-refractivity contribution < 1.29 is 5.11 Å². The Morgan fingerprint density at radius 1 is 1.47 bits per heavy atom. The number of nitrogen functional groups attached to an aromatic ring is 1. The van der Waals surface area contributed by atoms with Crippen LogP contribution in [0.4, 0.5) is 0 Å². The van der Waals surface area contributed by atoms with Crippen LogP contribution in [0.15, 0.2) is 24.3 Å². The number of nitrogens with two attached hydrogens (primary N) is 1. The number of aliphatic hydroxyl groups excluding tert-OH is 1. The molecule has 15 heavy (non-hydrogen) atoms. The molecular formula is C11H16N2OS. The van der Waals surface area contributed by atoms with Gasteiger partial charge in [0.1, 0.15) is 5.84 Å². The summed E-state index contributed by atoms with van der Waals surface area (Å²) in [4.78, 5) is 0. The SMILES string of the molecule is CC(CO)SCc1ccc(C(=N)N)cc1. The highest BCUT2D eigenvalue weighted by atomic mass is 32.2. The summed E-state index contributed by atoms with van der Waals surface area (Å²) in [5, 5.41) is 16.4. The van der Waals surface area contributed by atoms with Crippen LogP contribution in [0.1, 0.15) is 18.1 Å². The van der Waals surface area contributed by atoms with Crippen LogP contribution in [0.2, 0.25) is 0 Å². The van der Waals surface area contributed by atoms with E-state index in [1.165, 1.54) is 5.56 Å². The Kier molecular flexibility index (Phi) is 4.65. The maximum absolute atomic E-state index is 8.86. The lowest BCUT2D eigenvalue weighted by Gasteiger charge is -2.07. The van der Waals surface area contributed by atoms with Crippen molar-refractivity contribution >= 4 is 17.6 Å². The fourth-order valence-corrected chi connectivity index (χ4v) is 1.85. The minimum atomic E-state index is 0.0953. The van der Waals surface area contributed by atoms with Crippen molar-refractivity contribution in [2.24, 2.45) is 5.73 Å². The van der Waals surface area contributed by atoms with E-state index in [9.17, 15) is 0 Å². The molecule has 1 atom stereocenters. The summed E-state index contributed by atoms with van der Waals surface area (Å²) < 4.78 is 0. The second-order valence-electron chi connectivity index (χ2n) is 3.41. The van der Waals surface area contributed by atoms with E-state index < -0.39 is 0 Å². The largest absolute Gasteiger partial charge is 0.395 e. The van der Waals surface area contributed by atoms with Gasteiger partial charge in [0.2, 0.25) is 0 Å². The van der Waals surface area contributed by atoms with Crippen LogP contribution in [-0.2, 0) is 5.75 Å². The van der Waals surface area contributed by atoms with Gasteiger partial charge < -0.3 is 10.8 Å². The number of benzene rings is 1. The number of amidine groups is 1. The van der Waals surface area contributed by atoms with Crippen LogP contribution >= 0.6 is 11.8 Å². The minimum Gasteiger partial charge on any atom is -0.395 e. The number of hydrogen-bond acceptors (Lipinski definition) is 3. The van der Waals surface area contributed by atoms with E-state index >= 15 is 0 Å². The quantitative estimate of drug-likeness (QED) is 0.525. The summed E-state index contributed by atoms with van der Waals surface area (Å²) in [6.07, 6.45) is 0. The van der Waals surface area contributed by atoms with E-state index in [4.69, 9.17) is 16.2 Å². The molecule has 1 aromatic carbocycles. The molecule has 4 N–H and O–H groups in total. The molecule has 82 valence electrons. The van der Waals surface area contributed by atoms with Crippen molar-refractivity contribution in [3.8, 4) is 0 Å². The maximum atomic E-state index is 8.86. The molecule has 0 aliphatic heterocycles. The Labute approximate surface area is 94.2 Å². The highest BCUT2D eigenvalue weighted by molar-refractivity contribution is 7.99. The summed E-state index contributed by atoms with van der Waals surface area (Å²) in [5.74, 6) is 0.970. The Bertz CT molecular complexity index is 324. The van der Waals surface area contributed by atoms with E-state index in [1.807, 2.05) is 31.2 Å². The molecule has 0 heterocycles. The summed E-state index contributed by atoms with van der Waals surface area (Å²) in [5.41, 5.74) is 7.29. The van der Waals surface area contributed by atoms with Crippen LogP contribution in [0.5, 0.6) is 0 Å². The number of aliphatic hydroxyl groups is 1. The Hall–Kier alpha value is -1.00. The molecule has 0 aliphatic rings. The van der Waals surface area contributed by atoms with Gasteiger partial charge in [0.25, 0.3) is 0 Å². The molecule has 0 amide bonds. The van der Waals surface area contributed by atoms with E-state index in [-0.39, 0.29) is 17.7 Å². The van der Waals surface area contributed by atoms with Crippen molar-refractivity contribution in [2.75, 3.05) is 6.61 Å². The number of thioether (sulfide) groups is 1. The third-order valence-electron chi connectivity index (χ3n) is 2.06. The van der Waals surface area contributed by atoms with Crippen molar-refractivity contribution in [3.05, 3.63) is 35.4 Å². The summed E-state index contributed by atoms with van der Waals surface area (Å²) in [6.45, 7) is 2.20. The lowest BCUT2D eigenvalue weighted by molar-refractivity contribution is 0.300. The van der Waals surface area contributed by atoms with Crippen molar-refractivity contribution in [2.45, 2.75) is 17.9 Å². The van der Waals surface area contributed by atoms with Gasteiger partial charge in [-0.2, -0.15) is 11.8 Å². The first kappa shape index (κ1) is 12.1. The Morgan fingerprint density at radius 2 is 2.07 bits per heavy atom. The summed E-state index contributed by atoms with van der Waals surface area (Å²) >= 11 is 1.71. The van der Waals surface area contributed by atoms with Gasteiger partial charge in [-0.1, -0.05) is 31.2 Å². The molecule has 0 bridgehead atoms. The predicted octanol–water partition coefficient (Wildman–Crippen LogP) is 1.58. The number of rotatable bonds is 5. The number of nitrogens with one attached hydrogen (secondary N) is 1. The van der Waals surface area contributed by atoms with Crippen LogP contribution in [0.3, 0.4) is 0 Å². The summed E-state index contributed by atoms with van der Waals surface area (Å²) in [6, 6.07) is 7.63. The molecule has 0 aliphatic carbocycles. The van der Waals surface area contributed by atoms with Crippen LogP contribution in [-0.4, -0.2) is 22.8 Å². The molecule has 0 saturated heterocycles. The normalized spacial score (nSPS) is 12.4. The minimum absolute atomic E-state index is 0.0953. The average Bonchev–Trinajstić information content (AvgIpc) is 2.26. The van der Waals surface area contributed by atoms with Gasteiger partial charge in [-0.25, -0.2) is 0 Å². The zero-order valence-corrected chi connectivity index (χ0v) is 9.55. The van der Waals surface area contributed by atoms with Crippen molar-refractivity contribution in [1.82, 2.24) is 0 Å². The number of hydrogen-bond donors (Lipinski definition) is 3. The Morgan fingerprint density at radius 3 is 2.53 bits per heavy atom. The maximum Gasteiger partial charge on any atom is 0.122 e. The molecule has 0 aromatic heterocycles. The highest BCUT2D eigenvalue weighted by Gasteiger charge is 2.01. The highest BCUT2D eigenvalue weighted by Crippen LogP contribution is 2.17. The zero-order valence-electron chi connectivity index (χ0n) is 8.73. The fraction of sp³-hybridized carbons (Fsp3) is 0.364. The van der Waals surface area contributed by atoms with Crippen LogP contribution in [0.25, 0.3) is 0 Å². The van der Waals surface area contributed by atoms with E-state index in [1.54, 1.807) is 11.8 Å². The molecule has 1 rings (SSSR count). The molecule has 0 saturated carbocycles. The van der Waals surface area contributed by atoms with E-state index in [2.05, 4.69) is 0 Å². The van der Waals surface area contributed by atoms with Crippen LogP contribution < -0.4 is 5.73 Å². The van der Waals surface area contributed by atoms with Gasteiger partial charge >= 0.3 is 0 Å². The first-order valence-electron chi connectivity index (χ1n) is 4.79. The molecule has 0 radical (unpaired) electrons. The monoisotopic (exact) mass is 224 g/mol. The van der Waals surface area contributed by atoms with E-state index in [0.29, 0.717) is 0 Å². The third-order valence-corrected chi connectivity index (χ3v) is 3.27. The molecule has 0 fully saturated rings. The average molecular weight is 224 g/mol.